The van der Waals surface area contributed by atoms with Gasteiger partial charge in [-0.15, -0.1) is 0 Å². The van der Waals surface area contributed by atoms with E-state index in [1.165, 1.54) is 12.8 Å². The Labute approximate surface area is 62.3 Å². The minimum atomic E-state index is 0.956. The lowest BCUT2D eigenvalue weighted by Gasteiger charge is -2.35. The van der Waals surface area contributed by atoms with Crippen LogP contribution in [0.25, 0.3) is 0 Å². The molecular weight excluding hydrogens is 120 g/mol. The summed E-state index contributed by atoms with van der Waals surface area (Å²) in [5.41, 5.74) is 3.65. The number of rotatable bonds is 0. The van der Waals surface area contributed by atoms with Gasteiger partial charge in [-0.05, 0) is 43.4 Å². The molecule has 0 N–H and O–H groups in total. The van der Waals surface area contributed by atoms with Crippen molar-refractivity contribution >= 4 is 0 Å². The van der Waals surface area contributed by atoms with E-state index in [0.717, 1.165) is 23.7 Å². The maximum absolute atomic E-state index is 2.39. The standard InChI is InChI=1S/C10H14/c1-5-3-9-8-4-7(8)6(2)10(5)9/h5,7-9H,3-4H2,1-2H3. The van der Waals surface area contributed by atoms with Crippen LogP contribution in [0.1, 0.15) is 26.7 Å². The molecule has 0 saturated heterocycles. The molecule has 4 unspecified atom stereocenters. The van der Waals surface area contributed by atoms with Gasteiger partial charge in [0.1, 0.15) is 0 Å². The van der Waals surface area contributed by atoms with Gasteiger partial charge in [-0.1, -0.05) is 18.1 Å². The van der Waals surface area contributed by atoms with E-state index in [2.05, 4.69) is 13.8 Å². The molecule has 0 heterocycles. The van der Waals surface area contributed by atoms with Crippen molar-refractivity contribution < 1.29 is 0 Å². The summed E-state index contributed by atoms with van der Waals surface area (Å²) in [4.78, 5) is 0. The molecular formula is C10H14. The Kier molecular flexibility index (Phi) is 0.725. The summed E-state index contributed by atoms with van der Waals surface area (Å²) in [5, 5.41) is 0. The molecule has 0 aliphatic heterocycles. The van der Waals surface area contributed by atoms with Crippen LogP contribution in [0.5, 0.6) is 0 Å². The molecule has 0 nitrogen and oxygen atoms in total. The van der Waals surface area contributed by atoms with Gasteiger partial charge < -0.3 is 0 Å². The van der Waals surface area contributed by atoms with Crippen LogP contribution in [0.15, 0.2) is 11.1 Å². The van der Waals surface area contributed by atoms with E-state index < -0.39 is 0 Å². The second-order valence-corrected chi connectivity index (χ2v) is 4.39. The van der Waals surface area contributed by atoms with Gasteiger partial charge in [0.05, 0.1) is 0 Å². The second-order valence-electron chi connectivity index (χ2n) is 4.39. The van der Waals surface area contributed by atoms with Crippen LogP contribution in [0.4, 0.5) is 0 Å². The summed E-state index contributed by atoms with van der Waals surface area (Å²) < 4.78 is 0. The molecule has 2 saturated carbocycles. The molecule has 0 aromatic heterocycles. The van der Waals surface area contributed by atoms with Gasteiger partial charge in [0.2, 0.25) is 0 Å². The molecule has 54 valence electrons. The zero-order chi connectivity index (χ0) is 6.88. The third-order valence-electron chi connectivity index (χ3n) is 3.91. The molecule has 2 fully saturated rings. The Morgan fingerprint density at radius 3 is 2.50 bits per heavy atom. The van der Waals surface area contributed by atoms with Crippen LogP contribution in [0, 0.1) is 23.7 Å². The quantitative estimate of drug-likeness (QED) is 0.447. The highest BCUT2D eigenvalue weighted by Gasteiger charge is 2.56. The fourth-order valence-corrected chi connectivity index (χ4v) is 3.30. The SMILES string of the molecule is CC1=C2C(C)CC2C2CC12. The van der Waals surface area contributed by atoms with Crippen molar-refractivity contribution in [3.63, 3.8) is 0 Å². The van der Waals surface area contributed by atoms with Crippen molar-refractivity contribution in [3.05, 3.63) is 11.1 Å². The molecule has 0 heteroatoms. The van der Waals surface area contributed by atoms with Gasteiger partial charge in [0.15, 0.2) is 0 Å². The Bertz CT molecular complexity index is 224. The topological polar surface area (TPSA) is 0 Å². The van der Waals surface area contributed by atoms with Crippen LogP contribution in [0.3, 0.4) is 0 Å². The number of fused-ring (bicyclic) bond motifs is 3. The number of hydrogen-bond donors (Lipinski definition) is 0. The third kappa shape index (κ3) is 0.398. The Morgan fingerprint density at radius 2 is 2.00 bits per heavy atom. The lowest BCUT2D eigenvalue weighted by Crippen LogP contribution is -2.25. The minimum Gasteiger partial charge on any atom is -0.0701 e. The first-order valence-corrected chi connectivity index (χ1v) is 4.49. The first kappa shape index (κ1) is 5.40. The van der Waals surface area contributed by atoms with Crippen molar-refractivity contribution in [2.24, 2.45) is 23.7 Å². The molecule has 0 amide bonds. The van der Waals surface area contributed by atoms with Crippen molar-refractivity contribution in [1.82, 2.24) is 0 Å². The van der Waals surface area contributed by atoms with Gasteiger partial charge in [0.25, 0.3) is 0 Å². The van der Waals surface area contributed by atoms with Crippen molar-refractivity contribution in [2.75, 3.05) is 0 Å². The summed E-state index contributed by atoms with van der Waals surface area (Å²) in [6.07, 6.45) is 3.04. The smallest absolute Gasteiger partial charge is 0.0158 e. The van der Waals surface area contributed by atoms with Crippen LogP contribution in [-0.4, -0.2) is 0 Å². The van der Waals surface area contributed by atoms with E-state index in [9.17, 15) is 0 Å². The maximum Gasteiger partial charge on any atom is -0.0158 e. The maximum atomic E-state index is 2.39. The molecule has 0 bridgehead atoms. The first-order chi connectivity index (χ1) is 4.79. The zero-order valence-corrected chi connectivity index (χ0v) is 6.72. The molecule has 3 aliphatic rings. The molecule has 0 aromatic rings. The van der Waals surface area contributed by atoms with Gasteiger partial charge in [-0.2, -0.15) is 0 Å². The predicted octanol–water partition coefficient (Wildman–Crippen LogP) is 2.61. The molecule has 0 radical (unpaired) electrons. The summed E-state index contributed by atoms with van der Waals surface area (Å²) >= 11 is 0. The Hall–Kier alpha value is -0.260. The molecule has 3 aliphatic carbocycles. The van der Waals surface area contributed by atoms with E-state index >= 15 is 0 Å². The van der Waals surface area contributed by atoms with Gasteiger partial charge in [0, 0.05) is 0 Å². The monoisotopic (exact) mass is 134 g/mol. The van der Waals surface area contributed by atoms with Gasteiger partial charge in [-0.25, -0.2) is 0 Å². The fourth-order valence-electron chi connectivity index (χ4n) is 3.30. The lowest BCUT2D eigenvalue weighted by molar-refractivity contribution is 0.313. The minimum absolute atomic E-state index is 0.956. The largest absolute Gasteiger partial charge is 0.0701 e. The van der Waals surface area contributed by atoms with E-state index in [1.807, 2.05) is 5.57 Å². The number of hydrogen-bond acceptors (Lipinski definition) is 0. The van der Waals surface area contributed by atoms with E-state index in [-0.39, 0.29) is 0 Å². The average Bonchev–Trinajstić information content (AvgIpc) is 2.56. The molecule has 10 heavy (non-hydrogen) atoms. The second kappa shape index (κ2) is 1.34. The summed E-state index contributed by atoms with van der Waals surface area (Å²) in [6.45, 7) is 4.76. The zero-order valence-electron chi connectivity index (χ0n) is 6.72. The van der Waals surface area contributed by atoms with Crippen molar-refractivity contribution in [3.8, 4) is 0 Å². The highest BCUT2D eigenvalue weighted by molar-refractivity contribution is 5.39. The van der Waals surface area contributed by atoms with Crippen molar-refractivity contribution in [1.29, 1.82) is 0 Å². The van der Waals surface area contributed by atoms with Crippen molar-refractivity contribution in [2.45, 2.75) is 26.7 Å². The first-order valence-electron chi connectivity index (χ1n) is 4.49. The normalized spacial score (nSPS) is 55.8. The van der Waals surface area contributed by atoms with Crippen LogP contribution >= 0.6 is 0 Å². The van der Waals surface area contributed by atoms with Gasteiger partial charge >= 0.3 is 0 Å². The molecule has 4 atom stereocenters. The molecule has 0 spiro atoms. The summed E-state index contributed by atoms with van der Waals surface area (Å²) in [7, 11) is 0. The summed E-state index contributed by atoms with van der Waals surface area (Å²) in [6, 6.07) is 0. The highest BCUT2D eigenvalue weighted by Crippen LogP contribution is 2.66. The Balaban J connectivity index is 2.05. The highest BCUT2D eigenvalue weighted by atomic mass is 14.6. The van der Waals surface area contributed by atoms with E-state index in [4.69, 9.17) is 0 Å². The average molecular weight is 134 g/mol. The van der Waals surface area contributed by atoms with Crippen LogP contribution in [0.2, 0.25) is 0 Å². The van der Waals surface area contributed by atoms with Crippen LogP contribution in [-0.2, 0) is 0 Å². The predicted molar refractivity (Wildman–Crippen MR) is 41.6 cm³/mol. The Morgan fingerprint density at radius 1 is 1.20 bits per heavy atom. The third-order valence-corrected chi connectivity index (χ3v) is 3.91. The van der Waals surface area contributed by atoms with Gasteiger partial charge in [-0.3, -0.25) is 0 Å². The fraction of sp³-hybridized carbons (Fsp3) is 0.800. The molecule has 0 aromatic carbocycles. The number of allylic oxidation sites excluding steroid dienone is 2. The molecule has 3 rings (SSSR count). The van der Waals surface area contributed by atoms with Crippen LogP contribution < -0.4 is 0 Å². The summed E-state index contributed by atoms with van der Waals surface area (Å²) in [5.74, 6) is 4.22. The lowest BCUT2D eigenvalue weighted by atomic mass is 9.69. The van der Waals surface area contributed by atoms with E-state index in [1.54, 1.807) is 5.57 Å². The van der Waals surface area contributed by atoms with E-state index in [0.29, 0.717) is 0 Å².